The highest BCUT2D eigenvalue weighted by atomic mass is 16.4. The molecule has 0 saturated carbocycles. The largest absolute Gasteiger partial charge is 0.477 e. The van der Waals surface area contributed by atoms with Crippen molar-refractivity contribution in [3.8, 4) is 11.1 Å². The van der Waals surface area contributed by atoms with Crippen LogP contribution in [0, 0.1) is 6.92 Å². The van der Waals surface area contributed by atoms with E-state index in [0.717, 1.165) is 5.56 Å². The number of carbonyl (C=O) groups is 1. The van der Waals surface area contributed by atoms with Crippen molar-refractivity contribution in [2.75, 3.05) is 0 Å². The number of carboxylic acid groups (broad SMARTS) is 1. The molecule has 0 saturated heterocycles. The third kappa shape index (κ3) is 2.08. The maximum atomic E-state index is 11.4. The molecule has 2 aromatic rings. The fourth-order valence-electron chi connectivity index (χ4n) is 1.56. The van der Waals surface area contributed by atoms with Gasteiger partial charge in [-0.2, -0.15) is 5.10 Å². The number of aryl methyl sites for hydroxylation is 1. The van der Waals surface area contributed by atoms with E-state index in [-0.39, 0.29) is 5.56 Å². The third-order valence-electron chi connectivity index (χ3n) is 2.43. The van der Waals surface area contributed by atoms with E-state index in [2.05, 4.69) is 10.2 Å². The van der Waals surface area contributed by atoms with E-state index in [1.165, 1.54) is 6.20 Å². The Morgan fingerprint density at radius 1 is 1.29 bits per heavy atom. The molecule has 0 bridgehead atoms. The highest BCUT2D eigenvalue weighted by molar-refractivity contribution is 5.95. The zero-order chi connectivity index (χ0) is 12.4. The number of rotatable bonds is 2. The average molecular weight is 230 g/mol. The van der Waals surface area contributed by atoms with Crippen molar-refractivity contribution >= 4 is 5.97 Å². The second-order valence-corrected chi connectivity index (χ2v) is 3.66. The SMILES string of the molecule is Cc1ccc(-c2cn[nH]c(=O)c2C(=O)O)cc1. The van der Waals surface area contributed by atoms with Gasteiger partial charge in [-0.3, -0.25) is 4.79 Å². The minimum absolute atomic E-state index is 0.288. The maximum absolute atomic E-state index is 11.4. The van der Waals surface area contributed by atoms with E-state index in [1.54, 1.807) is 12.1 Å². The molecule has 86 valence electrons. The molecule has 0 amide bonds. The number of aromatic amines is 1. The summed E-state index contributed by atoms with van der Waals surface area (Å²) in [6.07, 6.45) is 1.34. The summed E-state index contributed by atoms with van der Waals surface area (Å²) < 4.78 is 0. The summed E-state index contributed by atoms with van der Waals surface area (Å²) in [6.45, 7) is 1.93. The van der Waals surface area contributed by atoms with Gasteiger partial charge >= 0.3 is 5.97 Å². The number of nitrogens with one attached hydrogen (secondary N) is 1. The van der Waals surface area contributed by atoms with Gasteiger partial charge in [0.15, 0.2) is 0 Å². The highest BCUT2D eigenvalue weighted by Gasteiger charge is 2.16. The van der Waals surface area contributed by atoms with Crippen molar-refractivity contribution in [3.63, 3.8) is 0 Å². The molecule has 0 atom stereocenters. The molecular weight excluding hydrogens is 220 g/mol. The van der Waals surface area contributed by atoms with E-state index in [0.29, 0.717) is 11.1 Å². The number of aromatic carboxylic acids is 1. The number of nitrogens with zero attached hydrogens (tertiary/aromatic N) is 1. The van der Waals surface area contributed by atoms with E-state index in [1.807, 2.05) is 19.1 Å². The lowest BCUT2D eigenvalue weighted by Gasteiger charge is -2.04. The molecule has 17 heavy (non-hydrogen) atoms. The van der Waals surface area contributed by atoms with E-state index >= 15 is 0 Å². The van der Waals surface area contributed by atoms with Gasteiger partial charge in [0.05, 0.1) is 6.20 Å². The second kappa shape index (κ2) is 4.21. The predicted molar refractivity (Wildman–Crippen MR) is 62.0 cm³/mol. The number of benzene rings is 1. The van der Waals surface area contributed by atoms with Gasteiger partial charge in [-0.05, 0) is 12.5 Å². The summed E-state index contributed by atoms with van der Waals surface area (Å²) in [6, 6.07) is 7.22. The summed E-state index contributed by atoms with van der Waals surface area (Å²) in [5.41, 5.74) is 1.05. The van der Waals surface area contributed by atoms with Crippen molar-refractivity contribution in [1.82, 2.24) is 10.2 Å². The molecule has 2 rings (SSSR count). The number of carboxylic acids is 1. The zero-order valence-electron chi connectivity index (χ0n) is 9.10. The van der Waals surface area contributed by atoms with Crippen molar-refractivity contribution < 1.29 is 9.90 Å². The first-order chi connectivity index (χ1) is 8.09. The van der Waals surface area contributed by atoms with Gasteiger partial charge in [-0.25, -0.2) is 9.89 Å². The van der Waals surface area contributed by atoms with Crippen molar-refractivity contribution in [2.24, 2.45) is 0 Å². The van der Waals surface area contributed by atoms with Gasteiger partial charge in [-0.1, -0.05) is 29.8 Å². The van der Waals surface area contributed by atoms with Crippen LogP contribution in [0.3, 0.4) is 0 Å². The van der Waals surface area contributed by atoms with Gasteiger partial charge in [0.25, 0.3) is 5.56 Å². The topological polar surface area (TPSA) is 83.0 Å². The average Bonchev–Trinajstić information content (AvgIpc) is 2.29. The second-order valence-electron chi connectivity index (χ2n) is 3.66. The van der Waals surface area contributed by atoms with Crippen molar-refractivity contribution in [3.05, 3.63) is 51.9 Å². The summed E-state index contributed by atoms with van der Waals surface area (Å²) in [4.78, 5) is 22.5. The van der Waals surface area contributed by atoms with Crippen LogP contribution in [0.1, 0.15) is 15.9 Å². The predicted octanol–water partition coefficient (Wildman–Crippen LogP) is 1.44. The Bertz CT molecular complexity index is 614. The summed E-state index contributed by atoms with van der Waals surface area (Å²) in [5, 5.41) is 14.8. The Kier molecular flexibility index (Phi) is 2.74. The first kappa shape index (κ1) is 11.1. The van der Waals surface area contributed by atoms with Crippen molar-refractivity contribution in [1.29, 1.82) is 0 Å². The van der Waals surface area contributed by atoms with Gasteiger partial charge in [0.2, 0.25) is 0 Å². The molecule has 0 aliphatic heterocycles. The van der Waals surface area contributed by atoms with E-state index in [4.69, 9.17) is 5.11 Å². The molecule has 5 heteroatoms. The Labute approximate surface area is 96.7 Å². The molecule has 1 heterocycles. The molecule has 1 aromatic carbocycles. The molecule has 2 N–H and O–H groups in total. The van der Waals surface area contributed by atoms with Crippen LogP contribution in [0.2, 0.25) is 0 Å². The summed E-state index contributed by atoms with van der Waals surface area (Å²) in [5.74, 6) is -1.26. The van der Waals surface area contributed by atoms with Crippen LogP contribution in [0.25, 0.3) is 11.1 Å². The molecule has 0 spiro atoms. The van der Waals surface area contributed by atoms with Crippen LogP contribution in [0.5, 0.6) is 0 Å². The number of aromatic nitrogens is 2. The Morgan fingerprint density at radius 3 is 2.53 bits per heavy atom. The van der Waals surface area contributed by atoms with Gasteiger partial charge in [0, 0.05) is 5.56 Å². The van der Waals surface area contributed by atoms with Gasteiger partial charge in [0.1, 0.15) is 5.56 Å². The van der Waals surface area contributed by atoms with E-state index in [9.17, 15) is 9.59 Å². The summed E-state index contributed by atoms with van der Waals surface area (Å²) in [7, 11) is 0. The fraction of sp³-hybridized carbons (Fsp3) is 0.0833. The lowest BCUT2D eigenvalue weighted by Crippen LogP contribution is -2.19. The first-order valence-electron chi connectivity index (χ1n) is 4.97. The molecule has 1 aromatic heterocycles. The normalized spacial score (nSPS) is 10.2. The molecule has 0 radical (unpaired) electrons. The van der Waals surface area contributed by atoms with Crippen LogP contribution in [0.4, 0.5) is 0 Å². The number of hydrogen-bond acceptors (Lipinski definition) is 3. The smallest absolute Gasteiger partial charge is 0.342 e. The maximum Gasteiger partial charge on any atom is 0.342 e. The molecule has 0 fully saturated rings. The van der Waals surface area contributed by atoms with Gasteiger partial charge in [-0.15, -0.1) is 0 Å². The Morgan fingerprint density at radius 2 is 1.94 bits per heavy atom. The molecule has 0 aliphatic rings. The summed E-state index contributed by atoms with van der Waals surface area (Å²) >= 11 is 0. The first-order valence-corrected chi connectivity index (χ1v) is 4.97. The molecular formula is C12H10N2O3. The van der Waals surface area contributed by atoms with Crippen LogP contribution < -0.4 is 5.56 Å². The monoisotopic (exact) mass is 230 g/mol. The van der Waals surface area contributed by atoms with E-state index < -0.39 is 11.5 Å². The molecule has 0 aliphatic carbocycles. The third-order valence-corrected chi connectivity index (χ3v) is 2.43. The molecule has 5 nitrogen and oxygen atoms in total. The van der Waals surface area contributed by atoms with Crippen LogP contribution in [0.15, 0.2) is 35.3 Å². The minimum atomic E-state index is -1.26. The molecule has 0 unspecified atom stereocenters. The standard InChI is InChI=1S/C12H10N2O3/c1-7-2-4-8(5-3-7)9-6-13-14-11(15)10(9)12(16)17/h2-6H,1H3,(H,14,15)(H,16,17). The van der Waals surface area contributed by atoms with Crippen molar-refractivity contribution in [2.45, 2.75) is 6.92 Å². The quantitative estimate of drug-likeness (QED) is 0.817. The zero-order valence-corrected chi connectivity index (χ0v) is 9.10. The Hall–Kier alpha value is -2.43. The Balaban J connectivity index is 2.67. The number of H-pyrrole nitrogens is 1. The lowest BCUT2D eigenvalue weighted by atomic mass is 10.0. The van der Waals surface area contributed by atoms with Gasteiger partial charge < -0.3 is 5.11 Å². The highest BCUT2D eigenvalue weighted by Crippen LogP contribution is 2.20. The van der Waals surface area contributed by atoms with Crippen LogP contribution in [-0.4, -0.2) is 21.3 Å². The number of hydrogen-bond donors (Lipinski definition) is 2. The van der Waals surface area contributed by atoms with Crippen LogP contribution >= 0.6 is 0 Å². The fourth-order valence-corrected chi connectivity index (χ4v) is 1.56. The van der Waals surface area contributed by atoms with Crippen LogP contribution in [-0.2, 0) is 0 Å². The lowest BCUT2D eigenvalue weighted by molar-refractivity contribution is 0.0695. The minimum Gasteiger partial charge on any atom is -0.477 e.